The lowest BCUT2D eigenvalue weighted by atomic mass is 10.00. The molecule has 9 amide bonds. The van der Waals surface area contributed by atoms with Gasteiger partial charge < -0.3 is 80.0 Å². The Morgan fingerprint density at radius 1 is 0.641 bits per heavy atom. The molecule has 1 fully saturated rings. The minimum atomic E-state index is -1.85. The van der Waals surface area contributed by atoms with Gasteiger partial charge in [-0.1, -0.05) is 96.7 Å². The number of aliphatic hydroxyl groups excluding tert-OH is 1. The van der Waals surface area contributed by atoms with E-state index in [0.717, 1.165) is 26.2 Å². The van der Waals surface area contributed by atoms with Crippen LogP contribution in [0.15, 0.2) is 42.1 Å². The molecule has 0 bridgehead atoms. The molecule has 0 spiro atoms. The molecule has 1 aliphatic rings. The van der Waals surface area contributed by atoms with Crippen molar-refractivity contribution in [3.05, 3.63) is 47.7 Å². The quantitative estimate of drug-likeness (QED) is 0.0415. The number of esters is 1. The highest BCUT2D eigenvalue weighted by molar-refractivity contribution is 6.02. The zero-order chi connectivity index (χ0) is 58.6. The summed E-state index contributed by atoms with van der Waals surface area (Å²) in [6.45, 7) is 10.0. The molecule has 17 N–H and O–H groups in total. The first-order valence-electron chi connectivity index (χ1n) is 26.5. The van der Waals surface area contributed by atoms with Gasteiger partial charge in [-0.2, -0.15) is 0 Å². The van der Waals surface area contributed by atoms with E-state index in [4.69, 9.17) is 21.9 Å². The summed E-state index contributed by atoms with van der Waals surface area (Å²) in [7, 11) is 0. The Morgan fingerprint density at radius 3 is 1.73 bits per heavy atom. The van der Waals surface area contributed by atoms with Gasteiger partial charge in [0.2, 0.25) is 47.3 Å². The van der Waals surface area contributed by atoms with Gasteiger partial charge in [0, 0.05) is 19.5 Å². The summed E-state index contributed by atoms with van der Waals surface area (Å²) in [5.74, 6) is -12.3. The van der Waals surface area contributed by atoms with Crippen molar-refractivity contribution < 1.29 is 67.7 Å². The average molecular weight is 1100 g/mol. The molecule has 1 aromatic rings. The largest absolute Gasteiger partial charge is 0.481 e. The molecule has 26 nitrogen and oxygen atoms in total. The van der Waals surface area contributed by atoms with Gasteiger partial charge in [0.25, 0.3) is 5.91 Å². The van der Waals surface area contributed by atoms with Crippen molar-refractivity contribution in [3.8, 4) is 0 Å². The number of nitrogens with one attached hydrogen (secondary N) is 9. The summed E-state index contributed by atoms with van der Waals surface area (Å²) >= 11 is 0. The minimum absolute atomic E-state index is 0.0282. The van der Waals surface area contributed by atoms with Crippen LogP contribution >= 0.6 is 0 Å². The summed E-state index contributed by atoms with van der Waals surface area (Å²) in [6, 6.07) is -3.96. The van der Waals surface area contributed by atoms with Crippen molar-refractivity contribution in [2.75, 3.05) is 19.6 Å². The van der Waals surface area contributed by atoms with Crippen LogP contribution in [0.2, 0.25) is 0 Å². The second kappa shape index (κ2) is 34.7. The molecule has 0 aromatic heterocycles. The Labute approximate surface area is 455 Å². The number of aliphatic carboxylic acids is 1. The van der Waals surface area contributed by atoms with Crippen molar-refractivity contribution in [2.24, 2.45) is 29.0 Å². The summed E-state index contributed by atoms with van der Waals surface area (Å²) in [5, 5.41) is 42.8. The van der Waals surface area contributed by atoms with E-state index in [0.29, 0.717) is 18.4 Å². The van der Waals surface area contributed by atoms with Crippen LogP contribution < -0.4 is 65.1 Å². The molecule has 0 radical (unpaired) electrons. The van der Waals surface area contributed by atoms with Gasteiger partial charge in [0.1, 0.15) is 60.1 Å². The number of carbonyl (C=O) groups is 11. The van der Waals surface area contributed by atoms with Gasteiger partial charge in [-0.05, 0) is 63.5 Å². The fourth-order valence-electron chi connectivity index (χ4n) is 8.15. The first kappa shape index (κ1) is 67.1. The lowest BCUT2D eigenvalue weighted by Crippen LogP contribution is -2.62. The van der Waals surface area contributed by atoms with E-state index in [1.807, 2.05) is 6.92 Å². The molecule has 1 aromatic carbocycles. The predicted octanol–water partition coefficient (Wildman–Crippen LogP) is -2.37. The number of cyclic esters (lactones) is 1. The van der Waals surface area contributed by atoms with Crippen LogP contribution in [0.1, 0.15) is 118 Å². The third kappa shape index (κ3) is 23.3. The van der Waals surface area contributed by atoms with Crippen LogP contribution in [-0.4, -0.2) is 155 Å². The lowest BCUT2D eigenvalue weighted by Gasteiger charge is -2.28. The molecular formula is C52H84N12O14. The van der Waals surface area contributed by atoms with E-state index in [1.165, 1.54) is 13.0 Å². The summed E-state index contributed by atoms with van der Waals surface area (Å²) in [5.41, 5.74) is 17.9. The van der Waals surface area contributed by atoms with Crippen LogP contribution in [0, 0.1) is 11.8 Å². The third-order valence-electron chi connectivity index (χ3n) is 12.5. The van der Waals surface area contributed by atoms with Crippen LogP contribution in [0.3, 0.4) is 0 Å². The molecule has 2 rings (SSSR count). The topological polar surface area (TPSA) is 424 Å². The number of hydrogen-bond acceptors (Lipinski definition) is 16. The lowest BCUT2D eigenvalue weighted by molar-refractivity contribution is -0.157. The van der Waals surface area contributed by atoms with E-state index in [-0.39, 0.29) is 38.1 Å². The van der Waals surface area contributed by atoms with Gasteiger partial charge in [-0.3, -0.25) is 47.9 Å². The Balaban J connectivity index is 2.77. The zero-order valence-electron chi connectivity index (χ0n) is 45.8. The first-order valence-corrected chi connectivity index (χ1v) is 26.5. The molecule has 1 aliphatic heterocycles. The van der Waals surface area contributed by atoms with Gasteiger partial charge in [-0.15, -0.1) is 0 Å². The number of rotatable bonds is 18. The molecule has 78 heavy (non-hydrogen) atoms. The number of allylic oxidation sites excluding steroid dienone is 1. The Morgan fingerprint density at radius 2 is 1.18 bits per heavy atom. The number of benzene rings is 1. The van der Waals surface area contributed by atoms with Crippen LogP contribution in [0.25, 0.3) is 0 Å². The first-order chi connectivity index (χ1) is 36.9. The number of carboxylic acid groups (broad SMARTS) is 1. The summed E-state index contributed by atoms with van der Waals surface area (Å²) in [6.07, 6.45) is 0.407. The molecule has 436 valence electrons. The predicted molar refractivity (Wildman–Crippen MR) is 285 cm³/mol. The highest BCUT2D eigenvalue weighted by Gasteiger charge is 2.37. The molecule has 1 heterocycles. The van der Waals surface area contributed by atoms with Crippen molar-refractivity contribution in [2.45, 2.75) is 180 Å². The van der Waals surface area contributed by atoms with Crippen molar-refractivity contribution >= 4 is 65.1 Å². The standard InChI is InChI=1S/C52H84N12O14/c1-8-10-11-12-16-19-32-24-40(66)56-38(26-54)48(73)59-35(22-28(3)4)46(71)58-34(20-21-53)45(70)57-33(9-2)44(69)64-43(30(7)65)51(76)62-39(27-55)49(74)60-36(23-31-17-14-13-15-18-31)47(72)63-42(29(5)6)50(75)61-37(25-41(67)68)52(77)78-32/h9,13-15,17-18,28-30,32,34-39,42-43,65H,8,10-12,16,19-27,53-55H2,1-7H3,(H,56,66)(H,57,70)(H,58,71)(H,59,73)(H,60,74)(H,61,75)(H,62,76)(H,63,72)(H,64,69)(H,67,68)/b33-9+/t30-,32-,34+,35+,36-,37+,38+,39+,42+,43+/m1/s1. The fourth-order valence-corrected chi connectivity index (χ4v) is 8.15. The number of ether oxygens (including phenoxy) is 1. The number of nitrogens with two attached hydrogens (primary N) is 3. The summed E-state index contributed by atoms with van der Waals surface area (Å²) in [4.78, 5) is 151. The highest BCUT2D eigenvalue weighted by Crippen LogP contribution is 2.16. The number of unbranched alkanes of at least 4 members (excludes halogenated alkanes) is 4. The van der Waals surface area contributed by atoms with Crippen molar-refractivity contribution in [1.82, 2.24) is 47.9 Å². The molecule has 0 unspecified atom stereocenters. The molecule has 10 atom stereocenters. The number of carbonyl (C=O) groups excluding carboxylic acids is 10. The molecule has 1 saturated heterocycles. The van der Waals surface area contributed by atoms with Crippen molar-refractivity contribution in [3.63, 3.8) is 0 Å². The highest BCUT2D eigenvalue weighted by atomic mass is 16.5. The van der Waals surface area contributed by atoms with Gasteiger partial charge in [0.05, 0.1) is 18.9 Å². The maximum Gasteiger partial charge on any atom is 0.329 e. The zero-order valence-corrected chi connectivity index (χ0v) is 45.8. The van der Waals surface area contributed by atoms with Crippen LogP contribution in [0.4, 0.5) is 0 Å². The van der Waals surface area contributed by atoms with E-state index < -0.39 is 163 Å². The van der Waals surface area contributed by atoms with E-state index in [2.05, 4.69) is 47.9 Å². The number of aliphatic hydroxyl groups is 1. The average Bonchev–Trinajstić information content (AvgIpc) is 3.38. The number of carboxylic acids is 1. The maximum atomic E-state index is 14.2. The van der Waals surface area contributed by atoms with Gasteiger partial charge in [0.15, 0.2) is 0 Å². The van der Waals surface area contributed by atoms with Gasteiger partial charge >= 0.3 is 11.9 Å². The van der Waals surface area contributed by atoms with E-state index in [9.17, 15) is 63.0 Å². The van der Waals surface area contributed by atoms with E-state index >= 15 is 0 Å². The number of hydrogen-bond donors (Lipinski definition) is 14. The summed E-state index contributed by atoms with van der Waals surface area (Å²) < 4.78 is 5.76. The second-order valence-electron chi connectivity index (χ2n) is 20.0. The molecule has 0 aliphatic carbocycles. The molecular weight excluding hydrogens is 1020 g/mol. The minimum Gasteiger partial charge on any atom is -0.481 e. The Hall–Kier alpha value is -7.03. The Kier molecular flexibility index (Phi) is 29.8. The second-order valence-corrected chi connectivity index (χ2v) is 20.0. The smallest absolute Gasteiger partial charge is 0.329 e. The normalized spacial score (nSPS) is 25.7. The fraction of sp³-hybridized carbons (Fsp3) is 0.635. The monoisotopic (exact) mass is 1100 g/mol. The SMILES string of the molecule is C/C=C1/NC(=O)[C@H](CCN)NC(=O)[C@H](CC(C)C)NC(=O)[C@H](CN)NC(=O)C[C@@H](CCCCCCC)OC(=O)[C@H](CC(=O)O)NC(=O)[C@H](C(C)C)NC(=O)[C@@H](Cc2ccccc2)NC(=O)[C@H](CN)NC(=O)[C@H]([C@@H](C)O)NC1=O. The van der Waals surface area contributed by atoms with Crippen molar-refractivity contribution in [1.29, 1.82) is 0 Å². The van der Waals surface area contributed by atoms with Gasteiger partial charge in [-0.25, -0.2) is 4.79 Å². The number of amides is 9. The molecule has 26 heteroatoms. The third-order valence-corrected chi connectivity index (χ3v) is 12.5. The maximum absolute atomic E-state index is 14.2. The molecule has 0 saturated carbocycles. The Bertz CT molecular complexity index is 2230. The van der Waals surface area contributed by atoms with E-state index in [1.54, 1.807) is 58.0 Å². The van der Waals surface area contributed by atoms with Crippen LogP contribution in [0.5, 0.6) is 0 Å². The van der Waals surface area contributed by atoms with Crippen LogP contribution in [-0.2, 0) is 63.9 Å².